The van der Waals surface area contributed by atoms with Gasteiger partial charge in [0.15, 0.2) is 6.61 Å². The van der Waals surface area contributed by atoms with Crippen molar-refractivity contribution in [1.82, 2.24) is 5.32 Å². The van der Waals surface area contributed by atoms with Crippen LogP contribution in [0.15, 0.2) is 54.6 Å². The molecule has 0 saturated heterocycles. The molecule has 0 bridgehead atoms. The highest BCUT2D eigenvalue weighted by Crippen LogP contribution is 2.40. The summed E-state index contributed by atoms with van der Waals surface area (Å²) in [5.74, 6) is -0.423. The summed E-state index contributed by atoms with van der Waals surface area (Å²) >= 11 is 18.2. The molecule has 5 nitrogen and oxygen atoms in total. The first kappa shape index (κ1) is 20.4. The smallest absolute Gasteiger partial charge is 0.343 e. The Kier molecular flexibility index (Phi) is 7.14. The normalized spacial score (nSPS) is 12.2. The number of hydrogen-bond acceptors (Lipinski definition) is 4. The summed E-state index contributed by atoms with van der Waals surface area (Å²) in [5, 5.41) is 2.72. The lowest BCUT2D eigenvalue weighted by molar-refractivity contribution is -0.142. The average Bonchev–Trinajstić information content (AvgIpc) is 2.64. The number of nitrogens with one attached hydrogen (secondary N) is 1. The third-order valence-electron chi connectivity index (χ3n) is 3.44. The molecule has 1 amide bonds. The summed E-state index contributed by atoms with van der Waals surface area (Å²) in [4.78, 5) is 23.5. The quantitative estimate of drug-likeness (QED) is 0.569. The predicted molar refractivity (Wildman–Crippen MR) is 101 cm³/mol. The van der Waals surface area contributed by atoms with Gasteiger partial charge in [0, 0.05) is 5.56 Å². The summed E-state index contributed by atoms with van der Waals surface area (Å²) in [6, 6.07) is 14.2. The van der Waals surface area contributed by atoms with Crippen molar-refractivity contribution in [2.45, 2.75) is 9.83 Å². The maximum atomic E-state index is 12.4. The van der Waals surface area contributed by atoms with Crippen molar-refractivity contribution >= 4 is 46.7 Å². The highest BCUT2D eigenvalue weighted by Gasteiger charge is 2.35. The SMILES string of the molecule is COC(=O)COc1ccc(C(NC(=O)c2ccccc2)C(Cl)(Cl)Cl)cc1. The van der Waals surface area contributed by atoms with Gasteiger partial charge in [-0.15, -0.1) is 0 Å². The Balaban J connectivity index is 2.14. The van der Waals surface area contributed by atoms with Crippen molar-refractivity contribution in [2.75, 3.05) is 13.7 Å². The van der Waals surface area contributed by atoms with Crippen molar-refractivity contribution in [3.63, 3.8) is 0 Å². The Morgan fingerprint density at radius 1 is 1.04 bits per heavy atom. The topological polar surface area (TPSA) is 64.6 Å². The number of esters is 1. The van der Waals surface area contributed by atoms with Crippen LogP contribution in [-0.4, -0.2) is 29.4 Å². The third-order valence-corrected chi connectivity index (χ3v) is 4.09. The van der Waals surface area contributed by atoms with E-state index in [1.165, 1.54) is 7.11 Å². The molecule has 138 valence electrons. The molecule has 0 aliphatic heterocycles. The lowest BCUT2D eigenvalue weighted by Crippen LogP contribution is -2.36. The van der Waals surface area contributed by atoms with E-state index in [-0.39, 0.29) is 12.5 Å². The molecule has 0 saturated carbocycles. The summed E-state index contributed by atoms with van der Waals surface area (Å²) in [6.45, 7) is -0.214. The van der Waals surface area contributed by atoms with Crippen LogP contribution in [0.4, 0.5) is 0 Å². The van der Waals surface area contributed by atoms with E-state index in [0.717, 1.165) is 0 Å². The standard InChI is InChI=1S/C18H16Cl3NO4/c1-25-15(23)11-26-14-9-7-12(8-10-14)16(18(19,20)21)22-17(24)13-5-3-2-4-6-13/h2-10,16H,11H2,1H3,(H,22,24). The van der Waals surface area contributed by atoms with Crippen LogP contribution >= 0.6 is 34.8 Å². The van der Waals surface area contributed by atoms with Gasteiger partial charge in [0.25, 0.3) is 5.91 Å². The Morgan fingerprint density at radius 2 is 1.65 bits per heavy atom. The van der Waals surface area contributed by atoms with E-state index in [1.54, 1.807) is 54.6 Å². The predicted octanol–water partition coefficient (Wildman–Crippen LogP) is 4.08. The Hall–Kier alpha value is -1.95. The number of rotatable bonds is 6. The summed E-state index contributed by atoms with van der Waals surface area (Å²) in [6.07, 6.45) is 0. The van der Waals surface area contributed by atoms with Gasteiger partial charge in [-0.05, 0) is 29.8 Å². The third kappa shape index (κ3) is 5.80. The Labute approximate surface area is 166 Å². The minimum absolute atomic E-state index is 0.214. The lowest BCUT2D eigenvalue weighted by Gasteiger charge is -2.26. The fraction of sp³-hybridized carbons (Fsp3) is 0.222. The van der Waals surface area contributed by atoms with Gasteiger partial charge >= 0.3 is 5.97 Å². The number of hydrogen-bond donors (Lipinski definition) is 1. The highest BCUT2D eigenvalue weighted by molar-refractivity contribution is 6.68. The van der Waals surface area contributed by atoms with Crippen LogP contribution < -0.4 is 10.1 Å². The highest BCUT2D eigenvalue weighted by atomic mass is 35.6. The Bertz CT molecular complexity index is 745. The minimum Gasteiger partial charge on any atom is -0.482 e. The number of ether oxygens (including phenoxy) is 2. The molecule has 0 aromatic heterocycles. The number of benzene rings is 2. The molecule has 8 heteroatoms. The van der Waals surface area contributed by atoms with Crippen LogP contribution in [0.3, 0.4) is 0 Å². The summed E-state index contributed by atoms with van der Waals surface area (Å²) < 4.78 is 8.00. The molecule has 0 spiro atoms. The first-order valence-electron chi connectivity index (χ1n) is 7.53. The molecule has 2 aromatic carbocycles. The molecule has 1 unspecified atom stereocenters. The van der Waals surface area contributed by atoms with Gasteiger partial charge in [0.05, 0.1) is 7.11 Å². The fourth-order valence-corrected chi connectivity index (χ4v) is 2.66. The molecule has 2 rings (SSSR count). The first-order valence-corrected chi connectivity index (χ1v) is 8.67. The second-order valence-electron chi connectivity index (χ2n) is 5.25. The van der Waals surface area contributed by atoms with Gasteiger partial charge in [-0.3, -0.25) is 4.79 Å². The molecule has 0 aliphatic rings. The molecule has 0 heterocycles. The van der Waals surface area contributed by atoms with Crippen molar-refractivity contribution in [2.24, 2.45) is 0 Å². The molecule has 1 N–H and O–H groups in total. The number of alkyl halides is 3. The van der Waals surface area contributed by atoms with E-state index in [4.69, 9.17) is 39.5 Å². The van der Waals surface area contributed by atoms with Crippen LogP contribution in [-0.2, 0) is 9.53 Å². The fourth-order valence-electron chi connectivity index (χ4n) is 2.12. The largest absolute Gasteiger partial charge is 0.482 e. The molecule has 1 atom stereocenters. The second kappa shape index (κ2) is 9.12. The zero-order valence-electron chi connectivity index (χ0n) is 13.7. The van der Waals surface area contributed by atoms with Crippen LogP contribution in [0.2, 0.25) is 0 Å². The van der Waals surface area contributed by atoms with Gasteiger partial charge in [-0.25, -0.2) is 4.79 Å². The molecule has 0 aliphatic carbocycles. The molecule has 0 radical (unpaired) electrons. The molecule has 0 fully saturated rings. The summed E-state index contributed by atoms with van der Waals surface area (Å²) in [5.41, 5.74) is 1.02. The number of methoxy groups -OCH3 is 1. The maximum Gasteiger partial charge on any atom is 0.343 e. The summed E-state index contributed by atoms with van der Waals surface area (Å²) in [7, 11) is 1.27. The van der Waals surface area contributed by atoms with E-state index in [2.05, 4.69) is 10.1 Å². The first-order chi connectivity index (χ1) is 12.3. The van der Waals surface area contributed by atoms with Gasteiger partial charge in [-0.1, -0.05) is 65.1 Å². The van der Waals surface area contributed by atoms with Gasteiger partial charge in [0.2, 0.25) is 3.79 Å². The number of halogens is 3. The second-order valence-corrected chi connectivity index (χ2v) is 7.62. The van der Waals surface area contributed by atoms with Crippen LogP contribution in [0.5, 0.6) is 5.75 Å². The molecule has 26 heavy (non-hydrogen) atoms. The van der Waals surface area contributed by atoms with Crippen LogP contribution in [0.25, 0.3) is 0 Å². The zero-order valence-corrected chi connectivity index (χ0v) is 16.0. The Morgan fingerprint density at radius 3 is 2.19 bits per heavy atom. The van der Waals surface area contributed by atoms with Gasteiger partial charge in [0.1, 0.15) is 11.8 Å². The van der Waals surface area contributed by atoms with Gasteiger partial charge < -0.3 is 14.8 Å². The van der Waals surface area contributed by atoms with Crippen molar-refractivity contribution in [1.29, 1.82) is 0 Å². The van der Waals surface area contributed by atoms with Crippen molar-refractivity contribution in [3.05, 3.63) is 65.7 Å². The number of carbonyl (C=O) groups is 2. The number of carbonyl (C=O) groups excluding carboxylic acids is 2. The average molecular weight is 417 g/mol. The van der Waals surface area contributed by atoms with E-state index in [9.17, 15) is 9.59 Å². The van der Waals surface area contributed by atoms with E-state index in [0.29, 0.717) is 16.9 Å². The number of amides is 1. The van der Waals surface area contributed by atoms with E-state index >= 15 is 0 Å². The van der Waals surface area contributed by atoms with Gasteiger partial charge in [-0.2, -0.15) is 0 Å². The zero-order chi connectivity index (χ0) is 19.2. The van der Waals surface area contributed by atoms with E-state index in [1.807, 2.05) is 0 Å². The molecular formula is C18H16Cl3NO4. The van der Waals surface area contributed by atoms with E-state index < -0.39 is 15.8 Å². The monoisotopic (exact) mass is 415 g/mol. The van der Waals surface area contributed by atoms with Crippen LogP contribution in [0.1, 0.15) is 22.0 Å². The lowest BCUT2D eigenvalue weighted by atomic mass is 10.1. The van der Waals surface area contributed by atoms with Crippen LogP contribution in [0, 0.1) is 0 Å². The van der Waals surface area contributed by atoms with Crippen molar-refractivity contribution < 1.29 is 19.1 Å². The minimum atomic E-state index is -1.77. The van der Waals surface area contributed by atoms with Crippen molar-refractivity contribution in [3.8, 4) is 5.75 Å². The maximum absolute atomic E-state index is 12.4. The molecular weight excluding hydrogens is 401 g/mol. The molecule has 2 aromatic rings.